The first kappa shape index (κ1) is 54.1. The molecule has 9 nitrogen and oxygen atoms in total. The van der Waals surface area contributed by atoms with Crippen LogP contribution < -0.4 is 0 Å². The normalized spacial score (nSPS) is 11.4. The molecule has 2 aromatic rings. The smallest absolute Gasteiger partial charge is 0.339 e. The lowest BCUT2D eigenvalue weighted by molar-refractivity contribution is 0.0414. The van der Waals surface area contributed by atoms with E-state index in [0.717, 1.165) is 103 Å². The van der Waals surface area contributed by atoms with Gasteiger partial charge in [-0.05, 0) is 55.4 Å². The van der Waals surface area contributed by atoms with E-state index in [1.54, 1.807) is 30.3 Å². The third-order valence-corrected chi connectivity index (χ3v) is 11.1. The largest absolute Gasteiger partial charge is 0.462 e. The molecule has 62 heavy (non-hydrogen) atoms. The number of unbranched alkanes of at least 4 members (excludes halogenated alkanes) is 12. The van der Waals surface area contributed by atoms with E-state index >= 15 is 0 Å². The van der Waals surface area contributed by atoms with Crippen LogP contribution in [0.3, 0.4) is 0 Å². The number of carbonyl (C=O) groups is 5. The van der Waals surface area contributed by atoms with E-state index < -0.39 is 46.4 Å². The van der Waals surface area contributed by atoms with E-state index in [4.69, 9.17) is 18.9 Å². The molecule has 2 aromatic carbocycles. The van der Waals surface area contributed by atoms with Gasteiger partial charge in [-0.3, -0.25) is 4.79 Å². The molecule has 0 aliphatic carbocycles. The number of esters is 4. The van der Waals surface area contributed by atoms with Crippen molar-refractivity contribution in [1.82, 2.24) is 0 Å². The summed E-state index contributed by atoms with van der Waals surface area (Å²) in [6.07, 6.45) is 18.3. The van der Waals surface area contributed by atoms with Gasteiger partial charge in [0.25, 0.3) is 0 Å². The Balaban J connectivity index is 2.66. The van der Waals surface area contributed by atoms with E-state index in [1.165, 1.54) is 6.07 Å². The third-order valence-electron chi connectivity index (χ3n) is 11.1. The average Bonchev–Trinajstić information content (AvgIpc) is 3.23. The molecular formula is C53H82O9. The van der Waals surface area contributed by atoms with Crippen molar-refractivity contribution in [3.05, 3.63) is 69.8 Å². The predicted molar refractivity (Wildman–Crippen MR) is 249 cm³/mol. The van der Waals surface area contributed by atoms with Gasteiger partial charge in [0.1, 0.15) is 0 Å². The van der Waals surface area contributed by atoms with E-state index in [-0.39, 0.29) is 43.1 Å². The number of hydrogen-bond donors (Lipinski definition) is 0. The number of ether oxygens (including phenoxy) is 4. The van der Waals surface area contributed by atoms with Crippen molar-refractivity contribution in [2.75, 3.05) is 26.4 Å². The Labute approximate surface area is 375 Å². The third kappa shape index (κ3) is 21.9. The van der Waals surface area contributed by atoms with Gasteiger partial charge in [0.05, 0.1) is 48.7 Å². The molecule has 0 bridgehead atoms. The van der Waals surface area contributed by atoms with Crippen LogP contribution in [0.2, 0.25) is 0 Å². The van der Waals surface area contributed by atoms with Gasteiger partial charge in [0.2, 0.25) is 0 Å². The Kier molecular flexibility index (Phi) is 27.7. The number of ketones is 1. The van der Waals surface area contributed by atoms with Crippen LogP contribution in [0.15, 0.2) is 36.4 Å². The van der Waals surface area contributed by atoms with Crippen LogP contribution in [0, 0.1) is 23.7 Å². The number of carbonyl (C=O) groups excluding carboxylic acids is 5. The molecule has 2 rings (SSSR count). The summed E-state index contributed by atoms with van der Waals surface area (Å²) >= 11 is 0. The minimum Gasteiger partial charge on any atom is -0.462 e. The second-order valence-electron chi connectivity index (χ2n) is 18.7. The highest BCUT2D eigenvalue weighted by atomic mass is 16.5. The summed E-state index contributed by atoms with van der Waals surface area (Å²) in [4.78, 5) is 71.8. The van der Waals surface area contributed by atoms with Crippen LogP contribution >= 0.6 is 0 Å². The fraction of sp³-hybridized carbons (Fsp3) is 0.679. The zero-order valence-corrected chi connectivity index (χ0v) is 39.9. The molecule has 0 heterocycles. The molecule has 0 saturated carbocycles. The zero-order valence-electron chi connectivity index (χ0n) is 39.9. The quantitative estimate of drug-likeness (QED) is 0.0293. The predicted octanol–water partition coefficient (Wildman–Crippen LogP) is 14.0. The van der Waals surface area contributed by atoms with E-state index in [0.29, 0.717) is 49.4 Å². The molecule has 0 amide bonds. The maximum absolute atomic E-state index is 14.5. The van der Waals surface area contributed by atoms with Crippen molar-refractivity contribution >= 4 is 29.7 Å². The molecule has 348 valence electrons. The maximum atomic E-state index is 14.5. The van der Waals surface area contributed by atoms with Gasteiger partial charge in [0.15, 0.2) is 5.78 Å². The van der Waals surface area contributed by atoms with E-state index in [9.17, 15) is 24.0 Å². The standard InChI is InChI=1S/C53H82O9/c1-39(2)28-18-9-13-24-34-59-50(55)45-38-44(49(54)43-32-22-17-23-33-43)46(51(56)60-35-25-14-10-19-29-40(3)4)48(53(58)62-37-27-16-12-21-31-42(7)8)47(45)52(57)61-36-26-15-11-20-30-41(5)6/h17,22-23,32-33,38-42H,9-16,18-21,24-31,34-37H2,1-8H3. The van der Waals surface area contributed by atoms with Gasteiger partial charge in [-0.25, -0.2) is 19.2 Å². The second kappa shape index (κ2) is 31.8. The van der Waals surface area contributed by atoms with Crippen LogP contribution in [0.4, 0.5) is 0 Å². The summed E-state index contributed by atoms with van der Waals surface area (Å²) in [5.41, 5.74) is -1.71. The van der Waals surface area contributed by atoms with Gasteiger partial charge in [-0.2, -0.15) is 0 Å². The van der Waals surface area contributed by atoms with Gasteiger partial charge >= 0.3 is 23.9 Å². The molecule has 0 aliphatic rings. The summed E-state index contributed by atoms with van der Waals surface area (Å²) in [6.45, 7) is 17.7. The van der Waals surface area contributed by atoms with Crippen molar-refractivity contribution in [3.8, 4) is 0 Å². The Bertz CT molecular complexity index is 1610. The van der Waals surface area contributed by atoms with Gasteiger partial charge < -0.3 is 18.9 Å². The molecule has 0 radical (unpaired) electrons. The molecule has 0 spiro atoms. The summed E-state index contributed by atoms with van der Waals surface area (Å²) < 4.78 is 23.2. The first-order chi connectivity index (χ1) is 29.7. The molecule has 0 N–H and O–H groups in total. The average molecular weight is 863 g/mol. The lowest BCUT2D eigenvalue weighted by atomic mass is 9.87. The van der Waals surface area contributed by atoms with Crippen LogP contribution in [0.25, 0.3) is 0 Å². The first-order valence-electron chi connectivity index (χ1n) is 24.2. The first-order valence-corrected chi connectivity index (χ1v) is 24.2. The van der Waals surface area contributed by atoms with E-state index in [1.807, 2.05) is 0 Å². The summed E-state index contributed by atoms with van der Waals surface area (Å²) in [7, 11) is 0. The number of hydrogen-bond acceptors (Lipinski definition) is 9. The SMILES string of the molecule is CC(C)CCCCCCOC(=O)c1cc(C(=O)c2ccccc2)c(C(=O)OCCCCCCC(C)C)c(C(=O)OCCCCCCC(C)C)c1C(=O)OCCCCCCC(C)C. The fourth-order valence-corrected chi connectivity index (χ4v) is 7.38. The lowest BCUT2D eigenvalue weighted by Gasteiger charge is -2.20. The van der Waals surface area contributed by atoms with Crippen molar-refractivity contribution in [1.29, 1.82) is 0 Å². The molecule has 0 aromatic heterocycles. The highest BCUT2D eigenvalue weighted by Crippen LogP contribution is 2.30. The molecular weight excluding hydrogens is 781 g/mol. The Hall–Kier alpha value is -4.01. The monoisotopic (exact) mass is 863 g/mol. The minimum absolute atomic E-state index is 0.0175. The zero-order chi connectivity index (χ0) is 45.7. The van der Waals surface area contributed by atoms with Gasteiger partial charge in [-0.15, -0.1) is 0 Å². The molecule has 0 unspecified atom stereocenters. The summed E-state index contributed by atoms with van der Waals surface area (Å²) in [5.74, 6) is -2.02. The van der Waals surface area contributed by atoms with Crippen LogP contribution in [-0.4, -0.2) is 56.1 Å². The van der Waals surface area contributed by atoms with Crippen molar-refractivity contribution < 1.29 is 42.9 Å². The van der Waals surface area contributed by atoms with Crippen molar-refractivity contribution in [3.63, 3.8) is 0 Å². The fourth-order valence-electron chi connectivity index (χ4n) is 7.38. The molecule has 0 fully saturated rings. The van der Waals surface area contributed by atoms with Gasteiger partial charge in [-0.1, -0.05) is 188 Å². The highest BCUT2D eigenvalue weighted by Gasteiger charge is 2.37. The Morgan fingerprint density at radius 1 is 0.371 bits per heavy atom. The summed E-state index contributed by atoms with van der Waals surface area (Å²) in [5, 5.41) is 0. The number of rotatable bonds is 34. The van der Waals surface area contributed by atoms with Crippen molar-refractivity contribution in [2.24, 2.45) is 23.7 Å². The number of benzene rings is 2. The Morgan fingerprint density at radius 3 is 1.03 bits per heavy atom. The van der Waals surface area contributed by atoms with Gasteiger partial charge in [0, 0.05) is 11.1 Å². The highest BCUT2D eigenvalue weighted by molar-refractivity contribution is 6.22. The molecule has 9 heteroatoms. The second-order valence-corrected chi connectivity index (χ2v) is 18.7. The molecule has 0 atom stereocenters. The minimum atomic E-state index is -1.00. The maximum Gasteiger partial charge on any atom is 0.339 e. The Morgan fingerprint density at radius 2 is 0.677 bits per heavy atom. The van der Waals surface area contributed by atoms with E-state index in [2.05, 4.69) is 55.4 Å². The van der Waals surface area contributed by atoms with Crippen LogP contribution in [0.1, 0.15) is 241 Å². The topological polar surface area (TPSA) is 122 Å². The van der Waals surface area contributed by atoms with Crippen molar-refractivity contribution in [2.45, 2.75) is 184 Å². The summed E-state index contributed by atoms with van der Waals surface area (Å²) in [6, 6.07) is 9.52. The lowest BCUT2D eigenvalue weighted by Crippen LogP contribution is -2.27. The molecule has 0 aliphatic heterocycles. The molecule has 0 saturated heterocycles. The van der Waals surface area contributed by atoms with Crippen LogP contribution in [-0.2, 0) is 18.9 Å². The van der Waals surface area contributed by atoms with Crippen LogP contribution in [0.5, 0.6) is 0 Å².